The molecule has 2 aliphatic rings. The number of aromatic carboxylic acids is 1. The van der Waals surface area contributed by atoms with E-state index >= 15 is 0 Å². The summed E-state index contributed by atoms with van der Waals surface area (Å²) in [6.07, 6.45) is 5.93. The number of carboxylic acid groups (broad SMARTS) is 1. The summed E-state index contributed by atoms with van der Waals surface area (Å²) in [6.45, 7) is 4.58. The number of anilines is 1. The molecule has 0 unspecified atom stereocenters. The Morgan fingerprint density at radius 2 is 1.67 bits per heavy atom. The lowest BCUT2D eigenvalue weighted by Crippen LogP contribution is -2.49. The average molecular weight is 528 g/mol. The summed E-state index contributed by atoms with van der Waals surface area (Å²) < 4.78 is 7.95. The quantitative estimate of drug-likeness (QED) is 0.378. The van der Waals surface area contributed by atoms with Crippen LogP contribution in [0.5, 0.6) is 11.5 Å². The van der Waals surface area contributed by atoms with E-state index in [1.807, 2.05) is 24.3 Å². The molecule has 2 aromatic heterocycles. The summed E-state index contributed by atoms with van der Waals surface area (Å²) >= 11 is 0. The highest BCUT2D eigenvalue weighted by Crippen LogP contribution is 2.37. The van der Waals surface area contributed by atoms with Crippen LogP contribution in [0, 0.1) is 0 Å². The zero-order chi connectivity index (χ0) is 26.9. The standard InChI is InChI=1S/C29H33N7O3/c1-34-13-15-35(16-14-34)21-7-9-22(10-8-21)36-28-25(27(30)31-18-32-28)26(33-36)19-5-11-23(12-6-19)39-24-4-2-3-20(17-24)29(37)38/h2-6,11-12,17-18,21-22H,7-10,13-16H2,1H3,(H,37,38)(H2,30,31,32). The van der Waals surface area contributed by atoms with Crippen LogP contribution in [0.3, 0.4) is 0 Å². The van der Waals surface area contributed by atoms with Crippen molar-refractivity contribution in [2.45, 2.75) is 37.8 Å². The summed E-state index contributed by atoms with van der Waals surface area (Å²) in [4.78, 5) is 25.2. The van der Waals surface area contributed by atoms with Crippen molar-refractivity contribution in [3.63, 3.8) is 0 Å². The van der Waals surface area contributed by atoms with Gasteiger partial charge >= 0.3 is 5.97 Å². The van der Waals surface area contributed by atoms with Crippen LogP contribution in [0.25, 0.3) is 22.3 Å². The average Bonchev–Trinajstić information content (AvgIpc) is 3.35. The van der Waals surface area contributed by atoms with Crippen LogP contribution in [-0.4, -0.2) is 79.9 Å². The van der Waals surface area contributed by atoms with Crippen molar-refractivity contribution < 1.29 is 14.6 Å². The van der Waals surface area contributed by atoms with Gasteiger partial charge in [-0.3, -0.25) is 4.90 Å². The Labute approximate surface area is 227 Å². The van der Waals surface area contributed by atoms with Crippen molar-refractivity contribution >= 4 is 22.8 Å². The summed E-state index contributed by atoms with van der Waals surface area (Å²) in [5, 5.41) is 15.0. The molecule has 0 bridgehead atoms. The van der Waals surface area contributed by atoms with Crippen molar-refractivity contribution in [3.05, 3.63) is 60.4 Å². The summed E-state index contributed by atoms with van der Waals surface area (Å²) in [5.41, 5.74) is 8.94. The molecule has 2 fully saturated rings. The number of hydrogen-bond acceptors (Lipinski definition) is 8. The Balaban J connectivity index is 1.22. The zero-order valence-corrected chi connectivity index (χ0v) is 22.0. The highest BCUT2D eigenvalue weighted by Gasteiger charge is 2.30. The first-order chi connectivity index (χ1) is 19.0. The van der Waals surface area contributed by atoms with E-state index in [2.05, 4.69) is 31.5 Å². The minimum Gasteiger partial charge on any atom is -0.478 e. The molecule has 3 heterocycles. The molecule has 3 N–H and O–H groups in total. The number of hydrogen-bond donors (Lipinski definition) is 2. The van der Waals surface area contributed by atoms with Gasteiger partial charge in [-0.15, -0.1) is 0 Å². The van der Waals surface area contributed by atoms with Gasteiger partial charge in [0.2, 0.25) is 0 Å². The fourth-order valence-corrected chi connectivity index (χ4v) is 5.82. The summed E-state index contributed by atoms with van der Waals surface area (Å²) in [5.74, 6) is 0.475. The minimum absolute atomic E-state index is 0.175. The molecule has 4 aromatic rings. The Hall–Kier alpha value is -4.02. The van der Waals surface area contributed by atoms with E-state index in [4.69, 9.17) is 15.6 Å². The number of benzene rings is 2. The van der Waals surface area contributed by atoms with Gasteiger partial charge in [-0.2, -0.15) is 5.10 Å². The number of likely N-dealkylation sites (N-methyl/N-ethyl adjacent to an activating group) is 1. The number of nitrogen functional groups attached to an aromatic ring is 1. The third kappa shape index (κ3) is 5.17. The lowest BCUT2D eigenvalue weighted by Gasteiger charge is -2.41. The van der Waals surface area contributed by atoms with E-state index in [9.17, 15) is 9.90 Å². The van der Waals surface area contributed by atoms with Crippen LogP contribution < -0.4 is 10.5 Å². The van der Waals surface area contributed by atoms with Crippen molar-refractivity contribution in [2.75, 3.05) is 39.0 Å². The normalized spacial score (nSPS) is 20.7. The first-order valence-electron chi connectivity index (χ1n) is 13.5. The van der Waals surface area contributed by atoms with E-state index in [1.165, 1.54) is 18.5 Å². The van der Waals surface area contributed by atoms with Crippen LogP contribution in [-0.2, 0) is 0 Å². The number of piperazine rings is 1. The fraction of sp³-hybridized carbons (Fsp3) is 0.379. The lowest BCUT2D eigenvalue weighted by atomic mass is 9.90. The third-order valence-corrected chi connectivity index (χ3v) is 8.03. The molecule has 0 spiro atoms. The van der Waals surface area contributed by atoms with Crippen LogP contribution in [0.2, 0.25) is 0 Å². The molecule has 1 saturated heterocycles. The summed E-state index contributed by atoms with van der Waals surface area (Å²) in [7, 11) is 2.20. The van der Waals surface area contributed by atoms with Crippen molar-refractivity contribution in [1.82, 2.24) is 29.5 Å². The fourth-order valence-electron chi connectivity index (χ4n) is 5.82. The summed E-state index contributed by atoms with van der Waals surface area (Å²) in [6, 6.07) is 14.9. The number of aromatic nitrogens is 4. The second-order valence-corrected chi connectivity index (χ2v) is 10.5. The van der Waals surface area contributed by atoms with Gasteiger partial charge in [0.05, 0.1) is 17.0 Å². The van der Waals surface area contributed by atoms with E-state index in [0.29, 0.717) is 23.4 Å². The Morgan fingerprint density at radius 3 is 2.38 bits per heavy atom. The molecular formula is C29H33N7O3. The molecular weight excluding hydrogens is 494 g/mol. The minimum atomic E-state index is -0.995. The SMILES string of the molecule is CN1CCN(C2CCC(n3nc(-c4ccc(Oc5cccc(C(=O)O)c5)cc4)c4c(N)ncnc43)CC2)CC1. The Kier molecular flexibility index (Phi) is 6.88. The van der Waals surface area contributed by atoms with E-state index in [1.54, 1.807) is 12.1 Å². The number of carbonyl (C=O) groups is 1. The van der Waals surface area contributed by atoms with Gasteiger partial charge in [0, 0.05) is 37.8 Å². The number of ether oxygens (including phenoxy) is 1. The monoisotopic (exact) mass is 527 g/mol. The van der Waals surface area contributed by atoms with Gasteiger partial charge in [-0.25, -0.2) is 19.4 Å². The predicted octanol–water partition coefficient (Wildman–Crippen LogP) is 4.30. The van der Waals surface area contributed by atoms with Gasteiger partial charge < -0.3 is 20.5 Å². The van der Waals surface area contributed by atoms with Crippen LogP contribution >= 0.6 is 0 Å². The first kappa shape index (κ1) is 25.3. The molecule has 0 radical (unpaired) electrons. The predicted molar refractivity (Wildman–Crippen MR) is 149 cm³/mol. The van der Waals surface area contributed by atoms with Crippen molar-refractivity contribution in [1.29, 1.82) is 0 Å². The number of fused-ring (bicyclic) bond motifs is 1. The van der Waals surface area contributed by atoms with Crippen molar-refractivity contribution in [2.24, 2.45) is 0 Å². The highest BCUT2D eigenvalue weighted by atomic mass is 16.5. The molecule has 0 amide bonds. The largest absolute Gasteiger partial charge is 0.478 e. The highest BCUT2D eigenvalue weighted by molar-refractivity contribution is 5.98. The molecule has 1 saturated carbocycles. The number of nitrogens with zero attached hydrogens (tertiary/aromatic N) is 6. The van der Waals surface area contributed by atoms with E-state index < -0.39 is 5.97 Å². The molecule has 6 rings (SSSR count). The second-order valence-electron chi connectivity index (χ2n) is 10.5. The maximum absolute atomic E-state index is 11.3. The molecule has 10 nitrogen and oxygen atoms in total. The van der Waals surface area contributed by atoms with Crippen molar-refractivity contribution in [3.8, 4) is 22.8 Å². The maximum Gasteiger partial charge on any atom is 0.335 e. The third-order valence-electron chi connectivity index (χ3n) is 8.03. The molecule has 1 aliphatic heterocycles. The molecule has 10 heteroatoms. The molecule has 1 aliphatic carbocycles. The molecule has 0 atom stereocenters. The van der Waals surface area contributed by atoms with Gasteiger partial charge in [-0.05, 0) is 75.2 Å². The Bertz CT molecular complexity index is 1470. The number of rotatable bonds is 6. The topological polar surface area (TPSA) is 123 Å². The van der Waals surface area contributed by atoms with E-state index in [-0.39, 0.29) is 11.6 Å². The van der Waals surface area contributed by atoms with Gasteiger partial charge in [0.25, 0.3) is 0 Å². The number of nitrogens with two attached hydrogens (primary N) is 1. The lowest BCUT2D eigenvalue weighted by molar-refractivity contribution is 0.0696. The molecule has 2 aromatic carbocycles. The Morgan fingerprint density at radius 1 is 0.949 bits per heavy atom. The zero-order valence-electron chi connectivity index (χ0n) is 22.0. The van der Waals surface area contributed by atoms with Crippen LogP contribution in [0.15, 0.2) is 54.9 Å². The molecule has 39 heavy (non-hydrogen) atoms. The van der Waals surface area contributed by atoms with E-state index in [0.717, 1.165) is 74.2 Å². The van der Waals surface area contributed by atoms with Gasteiger partial charge in [-0.1, -0.05) is 6.07 Å². The smallest absolute Gasteiger partial charge is 0.335 e. The number of carboxylic acids is 1. The van der Waals surface area contributed by atoms with Gasteiger partial charge in [0.15, 0.2) is 5.65 Å². The van der Waals surface area contributed by atoms with Gasteiger partial charge in [0.1, 0.15) is 29.3 Å². The second kappa shape index (κ2) is 10.6. The molecule has 202 valence electrons. The first-order valence-corrected chi connectivity index (χ1v) is 13.5. The van der Waals surface area contributed by atoms with Crippen LogP contribution in [0.4, 0.5) is 5.82 Å². The van der Waals surface area contributed by atoms with Crippen LogP contribution in [0.1, 0.15) is 42.1 Å². The maximum atomic E-state index is 11.3.